The summed E-state index contributed by atoms with van der Waals surface area (Å²) in [6, 6.07) is 0. The summed E-state index contributed by atoms with van der Waals surface area (Å²) in [7, 11) is 0. The SMILES string of the molecule is NCCNC(=O)c1nnc(Cl)s1. The van der Waals surface area contributed by atoms with Gasteiger partial charge >= 0.3 is 0 Å². The molecule has 0 aliphatic heterocycles. The zero-order valence-corrected chi connectivity index (χ0v) is 7.65. The Morgan fingerprint density at radius 1 is 1.67 bits per heavy atom. The van der Waals surface area contributed by atoms with Gasteiger partial charge in [-0.3, -0.25) is 4.79 Å². The Kier molecular flexibility index (Phi) is 3.39. The van der Waals surface area contributed by atoms with Crippen LogP contribution in [-0.4, -0.2) is 29.2 Å². The van der Waals surface area contributed by atoms with Crippen LogP contribution in [0.15, 0.2) is 0 Å². The number of carbonyl (C=O) groups excluding carboxylic acids is 1. The quantitative estimate of drug-likeness (QED) is 0.723. The van der Waals surface area contributed by atoms with Crippen LogP contribution in [0.5, 0.6) is 0 Å². The van der Waals surface area contributed by atoms with E-state index in [0.29, 0.717) is 13.1 Å². The molecule has 1 amide bonds. The van der Waals surface area contributed by atoms with Crippen molar-refractivity contribution >= 4 is 28.8 Å². The maximum Gasteiger partial charge on any atom is 0.282 e. The van der Waals surface area contributed by atoms with E-state index in [2.05, 4.69) is 15.5 Å². The predicted octanol–water partition coefficient (Wildman–Crippen LogP) is -0.120. The normalized spacial score (nSPS) is 9.83. The summed E-state index contributed by atoms with van der Waals surface area (Å²) in [4.78, 5) is 11.1. The molecule has 0 unspecified atom stereocenters. The number of carbonyl (C=O) groups is 1. The summed E-state index contributed by atoms with van der Waals surface area (Å²) >= 11 is 6.52. The van der Waals surface area contributed by atoms with Crippen LogP contribution in [0, 0.1) is 0 Å². The van der Waals surface area contributed by atoms with Crippen LogP contribution < -0.4 is 11.1 Å². The number of nitrogens with one attached hydrogen (secondary N) is 1. The Labute approximate surface area is 77.9 Å². The third-order valence-electron chi connectivity index (χ3n) is 1.02. The van der Waals surface area contributed by atoms with E-state index in [4.69, 9.17) is 17.3 Å². The van der Waals surface area contributed by atoms with Gasteiger partial charge in [-0.2, -0.15) is 0 Å². The topological polar surface area (TPSA) is 80.9 Å². The van der Waals surface area contributed by atoms with Gasteiger partial charge in [0.15, 0.2) is 0 Å². The highest BCUT2D eigenvalue weighted by Crippen LogP contribution is 2.14. The number of hydrogen-bond donors (Lipinski definition) is 2. The molecule has 66 valence electrons. The Morgan fingerprint density at radius 3 is 2.92 bits per heavy atom. The van der Waals surface area contributed by atoms with Crippen LogP contribution in [-0.2, 0) is 0 Å². The van der Waals surface area contributed by atoms with Gasteiger partial charge in [-0.25, -0.2) is 0 Å². The predicted molar refractivity (Wildman–Crippen MR) is 46.3 cm³/mol. The lowest BCUT2D eigenvalue weighted by molar-refractivity contribution is 0.0953. The lowest BCUT2D eigenvalue weighted by atomic mass is 10.6. The van der Waals surface area contributed by atoms with E-state index in [0.717, 1.165) is 11.3 Å². The fourth-order valence-corrected chi connectivity index (χ4v) is 1.30. The van der Waals surface area contributed by atoms with Gasteiger partial charge in [0.05, 0.1) is 0 Å². The Morgan fingerprint density at radius 2 is 2.42 bits per heavy atom. The molecule has 0 aliphatic carbocycles. The minimum Gasteiger partial charge on any atom is -0.349 e. The van der Waals surface area contributed by atoms with E-state index in [9.17, 15) is 4.79 Å². The lowest BCUT2D eigenvalue weighted by Crippen LogP contribution is -2.28. The highest BCUT2D eigenvalue weighted by atomic mass is 35.5. The van der Waals surface area contributed by atoms with Crippen molar-refractivity contribution in [3.05, 3.63) is 9.47 Å². The van der Waals surface area contributed by atoms with E-state index in [1.165, 1.54) is 0 Å². The van der Waals surface area contributed by atoms with Crippen molar-refractivity contribution in [1.29, 1.82) is 0 Å². The summed E-state index contributed by atoms with van der Waals surface area (Å²) in [5.41, 5.74) is 5.19. The van der Waals surface area contributed by atoms with Gasteiger partial charge in [0.2, 0.25) is 9.47 Å². The second-order valence-corrected chi connectivity index (χ2v) is 3.46. The highest BCUT2D eigenvalue weighted by molar-refractivity contribution is 7.17. The van der Waals surface area contributed by atoms with Crippen LogP contribution in [0.1, 0.15) is 9.80 Å². The van der Waals surface area contributed by atoms with E-state index >= 15 is 0 Å². The number of halogens is 1. The molecule has 0 saturated carbocycles. The van der Waals surface area contributed by atoms with Crippen LogP contribution >= 0.6 is 22.9 Å². The van der Waals surface area contributed by atoms with Gasteiger partial charge in [-0.05, 0) is 11.6 Å². The smallest absolute Gasteiger partial charge is 0.282 e. The second kappa shape index (κ2) is 4.34. The van der Waals surface area contributed by atoms with Gasteiger partial charge in [-0.1, -0.05) is 11.3 Å². The van der Waals surface area contributed by atoms with Crippen LogP contribution in [0.3, 0.4) is 0 Å². The van der Waals surface area contributed by atoms with Crippen LogP contribution in [0.4, 0.5) is 0 Å². The first kappa shape index (κ1) is 9.37. The average Bonchev–Trinajstić information content (AvgIpc) is 2.47. The molecular weight excluding hydrogens is 200 g/mol. The summed E-state index contributed by atoms with van der Waals surface area (Å²) in [6.07, 6.45) is 0. The average molecular weight is 207 g/mol. The third-order valence-corrected chi connectivity index (χ3v) is 2.04. The zero-order valence-electron chi connectivity index (χ0n) is 6.08. The van der Waals surface area contributed by atoms with Crippen molar-refractivity contribution in [2.45, 2.75) is 0 Å². The monoisotopic (exact) mass is 206 g/mol. The molecule has 0 bridgehead atoms. The molecule has 0 aromatic carbocycles. The maximum atomic E-state index is 11.1. The van der Waals surface area contributed by atoms with Gasteiger partial charge in [0.1, 0.15) is 0 Å². The molecule has 0 fully saturated rings. The van der Waals surface area contributed by atoms with Crippen molar-refractivity contribution in [3.8, 4) is 0 Å². The number of aromatic nitrogens is 2. The number of amides is 1. The maximum absolute atomic E-state index is 11.1. The Bertz CT molecular complexity index is 276. The Balaban J connectivity index is 2.53. The van der Waals surface area contributed by atoms with Crippen molar-refractivity contribution in [2.24, 2.45) is 5.73 Å². The highest BCUT2D eigenvalue weighted by Gasteiger charge is 2.10. The summed E-state index contributed by atoms with van der Waals surface area (Å²) in [5.74, 6) is -0.287. The molecule has 1 aromatic rings. The second-order valence-electron chi connectivity index (χ2n) is 1.90. The first-order valence-corrected chi connectivity index (χ1v) is 4.40. The summed E-state index contributed by atoms with van der Waals surface area (Å²) in [5, 5.41) is 9.85. The molecule has 0 atom stereocenters. The van der Waals surface area contributed by atoms with Crippen molar-refractivity contribution in [2.75, 3.05) is 13.1 Å². The fourth-order valence-electron chi connectivity index (χ4n) is 0.558. The van der Waals surface area contributed by atoms with Crippen molar-refractivity contribution in [3.63, 3.8) is 0 Å². The molecule has 1 heterocycles. The molecule has 3 N–H and O–H groups in total. The van der Waals surface area contributed by atoms with Gasteiger partial charge in [0, 0.05) is 13.1 Å². The van der Waals surface area contributed by atoms with E-state index in [1.807, 2.05) is 0 Å². The number of hydrogen-bond acceptors (Lipinski definition) is 5. The summed E-state index contributed by atoms with van der Waals surface area (Å²) in [6.45, 7) is 0.828. The molecule has 0 aliphatic rings. The molecule has 7 heteroatoms. The van der Waals surface area contributed by atoms with E-state index in [1.54, 1.807) is 0 Å². The largest absolute Gasteiger partial charge is 0.349 e. The van der Waals surface area contributed by atoms with Gasteiger partial charge < -0.3 is 11.1 Å². The zero-order chi connectivity index (χ0) is 8.97. The Hall–Kier alpha value is -0.720. The van der Waals surface area contributed by atoms with Crippen LogP contribution in [0.2, 0.25) is 4.47 Å². The van der Waals surface area contributed by atoms with Crippen molar-refractivity contribution < 1.29 is 4.79 Å². The van der Waals surface area contributed by atoms with Crippen molar-refractivity contribution in [1.82, 2.24) is 15.5 Å². The fraction of sp³-hybridized carbons (Fsp3) is 0.400. The van der Waals surface area contributed by atoms with Gasteiger partial charge in [-0.15, -0.1) is 10.2 Å². The number of rotatable bonds is 3. The molecule has 1 aromatic heterocycles. The van der Waals surface area contributed by atoms with Gasteiger partial charge in [0.25, 0.3) is 5.91 Å². The summed E-state index contributed by atoms with van der Waals surface area (Å²) < 4.78 is 0.257. The molecule has 0 radical (unpaired) electrons. The molecule has 1 rings (SSSR count). The first-order valence-electron chi connectivity index (χ1n) is 3.21. The number of nitrogens with two attached hydrogens (primary N) is 1. The molecule has 12 heavy (non-hydrogen) atoms. The molecule has 0 spiro atoms. The third kappa shape index (κ3) is 2.40. The first-order chi connectivity index (χ1) is 5.74. The van der Waals surface area contributed by atoms with E-state index < -0.39 is 0 Å². The standard InChI is InChI=1S/C5H7ClN4OS/c6-5-10-9-4(12-5)3(11)8-2-1-7/h1-2,7H2,(H,8,11). The molecular formula is C5H7ClN4OS. The minimum atomic E-state index is -0.287. The lowest BCUT2D eigenvalue weighted by Gasteiger charge is -1.97. The van der Waals surface area contributed by atoms with Crippen LogP contribution in [0.25, 0.3) is 0 Å². The number of nitrogens with zero attached hydrogens (tertiary/aromatic N) is 2. The molecule has 0 saturated heterocycles. The minimum absolute atomic E-state index is 0.257. The molecule has 5 nitrogen and oxygen atoms in total. The van der Waals surface area contributed by atoms with E-state index in [-0.39, 0.29) is 15.4 Å².